The first-order valence-corrected chi connectivity index (χ1v) is 7.70. The standard InChI is InChI=1S/C17H19N3O4/c1-19-14-5-3-4-6-15(14)20(2)16(19)13(9-18)17(21)23-8-7-22-10-12-11-24-12/h3-6,12H,7-8,10-11H2,1-2H3. The number of nitriles is 1. The number of hydrogen-bond acceptors (Lipinski definition) is 7. The number of para-hydroxylation sites is 2. The number of nitrogens with zero attached hydrogens (tertiary/aromatic N) is 3. The van der Waals surface area contributed by atoms with Crippen molar-refractivity contribution in [2.75, 3.05) is 50.3 Å². The fraction of sp³-hybridized carbons (Fsp3) is 0.412. The molecule has 0 aromatic heterocycles. The third kappa shape index (κ3) is 3.20. The summed E-state index contributed by atoms with van der Waals surface area (Å²) in [4.78, 5) is 15.9. The molecular formula is C17H19N3O4. The summed E-state index contributed by atoms with van der Waals surface area (Å²) in [5.74, 6) is -0.138. The molecule has 126 valence electrons. The summed E-state index contributed by atoms with van der Waals surface area (Å²) in [6.45, 7) is 1.62. The smallest absolute Gasteiger partial charge is 0.352 e. The molecule has 0 saturated carbocycles. The van der Waals surface area contributed by atoms with E-state index in [0.717, 1.165) is 18.0 Å². The minimum atomic E-state index is -0.648. The van der Waals surface area contributed by atoms with Gasteiger partial charge in [-0.25, -0.2) is 4.79 Å². The second kappa shape index (κ2) is 6.91. The topological polar surface area (TPSA) is 78.3 Å². The van der Waals surface area contributed by atoms with Crippen LogP contribution in [0.3, 0.4) is 0 Å². The van der Waals surface area contributed by atoms with Gasteiger partial charge in [0.2, 0.25) is 0 Å². The predicted molar refractivity (Wildman–Crippen MR) is 87.4 cm³/mol. The molecule has 0 radical (unpaired) electrons. The number of benzene rings is 1. The first kappa shape index (κ1) is 16.3. The van der Waals surface area contributed by atoms with Gasteiger partial charge in [-0.1, -0.05) is 12.1 Å². The van der Waals surface area contributed by atoms with Crippen molar-refractivity contribution in [3.8, 4) is 6.07 Å². The van der Waals surface area contributed by atoms with Crippen molar-refractivity contribution in [2.45, 2.75) is 6.10 Å². The lowest BCUT2D eigenvalue weighted by molar-refractivity contribution is -0.140. The van der Waals surface area contributed by atoms with Crippen molar-refractivity contribution in [3.63, 3.8) is 0 Å². The van der Waals surface area contributed by atoms with E-state index in [1.807, 2.05) is 54.2 Å². The highest BCUT2D eigenvalue weighted by molar-refractivity contribution is 5.97. The van der Waals surface area contributed by atoms with Crippen molar-refractivity contribution in [3.05, 3.63) is 35.7 Å². The molecule has 1 unspecified atom stereocenters. The highest BCUT2D eigenvalue weighted by Crippen LogP contribution is 2.40. The molecule has 7 heteroatoms. The van der Waals surface area contributed by atoms with E-state index in [2.05, 4.69) is 0 Å². The fourth-order valence-electron chi connectivity index (χ4n) is 2.65. The van der Waals surface area contributed by atoms with Crippen LogP contribution in [0.25, 0.3) is 0 Å². The van der Waals surface area contributed by atoms with Crippen LogP contribution in [0.2, 0.25) is 0 Å². The molecule has 1 fully saturated rings. The van der Waals surface area contributed by atoms with Crippen LogP contribution in [0.1, 0.15) is 0 Å². The lowest BCUT2D eigenvalue weighted by atomic mass is 10.2. The second-order valence-electron chi connectivity index (χ2n) is 5.58. The van der Waals surface area contributed by atoms with Crippen molar-refractivity contribution in [2.24, 2.45) is 0 Å². The molecule has 0 spiro atoms. The van der Waals surface area contributed by atoms with Gasteiger partial charge in [0.25, 0.3) is 0 Å². The van der Waals surface area contributed by atoms with Crippen LogP contribution >= 0.6 is 0 Å². The molecule has 24 heavy (non-hydrogen) atoms. The Hall–Kier alpha value is -2.56. The SMILES string of the molecule is CN1C(=C(C#N)C(=O)OCCOCC2CO2)N(C)c2ccccc21. The van der Waals surface area contributed by atoms with Gasteiger partial charge in [0.15, 0.2) is 5.57 Å². The Morgan fingerprint density at radius 1 is 1.29 bits per heavy atom. The van der Waals surface area contributed by atoms with E-state index in [1.54, 1.807) is 0 Å². The molecule has 7 nitrogen and oxygen atoms in total. The average Bonchev–Trinajstić information content (AvgIpc) is 3.38. The van der Waals surface area contributed by atoms with E-state index in [0.29, 0.717) is 12.4 Å². The maximum absolute atomic E-state index is 12.3. The van der Waals surface area contributed by atoms with Crippen molar-refractivity contribution >= 4 is 17.3 Å². The van der Waals surface area contributed by atoms with Gasteiger partial charge >= 0.3 is 5.97 Å². The molecule has 0 amide bonds. The molecule has 0 aliphatic carbocycles. The number of ether oxygens (including phenoxy) is 3. The maximum Gasteiger partial charge on any atom is 0.352 e. The molecule has 2 aliphatic rings. The minimum absolute atomic E-state index is 0.0262. The number of carbonyl (C=O) groups excluding carboxylic acids is 1. The minimum Gasteiger partial charge on any atom is -0.459 e. The third-order valence-corrected chi connectivity index (χ3v) is 3.95. The summed E-state index contributed by atoms with van der Waals surface area (Å²) >= 11 is 0. The monoisotopic (exact) mass is 329 g/mol. The quantitative estimate of drug-likeness (QED) is 0.256. The number of carbonyl (C=O) groups is 1. The first-order valence-electron chi connectivity index (χ1n) is 7.70. The number of rotatable bonds is 6. The molecular weight excluding hydrogens is 310 g/mol. The Kier molecular flexibility index (Phi) is 4.69. The zero-order valence-electron chi connectivity index (χ0n) is 13.7. The van der Waals surface area contributed by atoms with E-state index >= 15 is 0 Å². The van der Waals surface area contributed by atoms with Gasteiger partial charge in [-0.2, -0.15) is 5.26 Å². The highest BCUT2D eigenvalue weighted by Gasteiger charge is 2.32. The molecule has 1 atom stereocenters. The van der Waals surface area contributed by atoms with E-state index in [4.69, 9.17) is 14.2 Å². The van der Waals surface area contributed by atoms with E-state index in [9.17, 15) is 10.1 Å². The molecule has 0 N–H and O–H groups in total. The number of fused-ring (bicyclic) bond motifs is 1. The molecule has 0 bridgehead atoms. The van der Waals surface area contributed by atoms with E-state index in [1.165, 1.54) is 0 Å². The number of hydrogen-bond donors (Lipinski definition) is 0. The Balaban J connectivity index is 1.67. The van der Waals surface area contributed by atoms with Crippen LogP contribution in [0, 0.1) is 11.3 Å². The van der Waals surface area contributed by atoms with Gasteiger partial charge in [-0.05, 0) is 12.1 Å². The third-order valence-electron chi connectivity index (χ3n) is 3.95. The summed E-state index contributed by atoms with van der Waals surface area (Å²) in [6.07, 6.45) is 0.178. The van der Waals surface area contributed by atoms with Gasteiger partial charge in [-0.3, -0.25) is 0 Å². The molecule has 1 aromatic carbocycles. The maximum atomic E-state index is 12.3. The lowest BCUT2D eigenvalue weighted by Gasteiger charge is -2.19. The second-order valence-corrected chi connectivity index (χ2v) is 5.58. The van der Waals surface area contributed by atoms with Gasteiger partial charge in [-0.15, -0.1) is 0 Å². The summed E-state index contributed by atoms with van der Waals surface area (Å²) in [5, 5.41) is 9.45. The largest absolute Gasteiger partial charge is 0.459 e. The van der Waals surface area contributed by atoms with Gasteiger partial charge in [0, 0.05) is 14.1 Å². The summed E-state index contributed by atoms with van der Waals surface area (Å²) in [7, 11) is 3.64. The van der Waals surface area contributed by atoms with Crippen LogP contribution in [-0.2, 0) is 19.0 Å². The number of epoxide rings is 1. The van der Waals surface area contributed by atoms with Crippen LogP contribution in [-0.4, -0.2) is 52.6 Å². The predicted octanol–water partition coefficient (Wildman–Crippen LogP) is 1.27. The Morgan fingerprint density at radius 3 is 2.46 bits per heavy atom. The summed E-state index contributed by atoms with van der Waals surface area (Å²) in [6, 6.07) is 9.67. The average molecular weight is 329 g/mol. The number of esters is 1. The van der Waals surface area contributed by atoms with Crippen LogP contribution in [0.5, 0.6) is 0 Å². The lowest BCUT2D eigenvalue weighted by Crippen LogP contribution is -2.27. The molecule has 2 aliphatic heterocycles. The molecule has 1 aromatic rings. The van der Waals surface area contributed by atoms with E-state index in [-0.39, 0.29) is 24.9 Å². The van der Waals surface area contributed by atoms with E-state index < -0.39 is 5.97 Å². The zero-order chi connectivity index (χ0) is 17.1. The molecule has 3 rings (SSSR count). The van der Waals surface area contributed by atoms with Crippen molar-refractivity contribution in [1.82, 2.24) is 0 Å². The van der Waals surface area contributed by atoms with Crippen LogP contribution in [0.15, 0.2) is 35.7 Å². The summed E-state index contributed by atoms with van der Waals surface area (Å²) < 4.78 is 15.5. The Morgan fingerprint density at radius 2 is 1.92 bits per heavy atom. The molecule has 2 heterocycles. The normalized spacial score (nSPS) is 18.2. The highest BCUT2D eigenvalue weighted by atomic mass is 16.6. The van der Waals surface area contributed by atoms with Gasteiger partial charge in [0.05, 0.1) is 31.2 Å². The summed E-state index contributed by atoms with van der Waals surface area (Å²) in [5.41, 5.74) is 1.84. The van der Waals surface area contributed by atoms with Crippen molar-refractivity contribution < 1.29 is 19.0 Å². The Bertz CT molecular complexity index is 675. The van der Waals surface area contributed by atoms with Crippen molar-refractivity contribution in [1.29, 1.82) is 5.26 Å². The number of anilines is 2. The first-order chi connectivity index (χ1) is 11.6. The Labute approximate surface area is 140 Å². The van der Waals surface area contributed by atoms with Crippen LogP contribution in [0.4, 0.5) is 11.4 Å². The zero-order valence-corrected chi connectivity index (χ0v) is 13.7. The molecule has 1 saturated heterocycles. The van der Waals surface area contributed by atoms with Gasteiger partial charge in [0.1, 0.15) is 24.6 Å². The van der Waals surface area contributed by atoms with Crippen LogP contribution < -0.4 is 9.80 Å². The van der Waals surface area contributed by atoms with Gasteiger partial charge < -0.3 is 24.0 Å². The fourth-order valence-corrected chi connectivity index (χ4v) is 2.65.